The number of sulfone groups is 1. The monoisotopic (exact) mass is 379 g/mol. The standard InChI is InChI=1S/C18H21NO4S2/c1-14-7-9-15(10-8-14)13-19(16-11-12-16)25(22,23)18-6-4-3-5-17(18)24(2,20)21/h3-10,16H,11-13H2,1-2H3. The molecule has 0 N–H and O–H groups in total. The first kappa shape index (κ1) is 18.1. The Bertz CT molecular complexity index is 976. The van der Waals surface area contributed by atoms with E-state index in [1.807, 2.05) is 31.2 Å². The maximum Gasteiger partial charge on any atom is 0.244 e. The minimum Gasteiger partial charge on any atom is -0.224 e. The number of hydrogen-bond donors (Lipinski definition) is 0. The maximum atomic E-state index is 13.2. The average molecular weight is 380 g/mol. The van der Waals surface area contributed by atoms with Gasteiger partial charge in [-0.2, -0.15) is 4.31 Å². The van der Waals surface area contributed by atoms with Crippen molar-refractivity contribution in [2.45, 2.75) is 42.1 Å². The highest BCUT2D eigenvalue weighted by atomic mass is 32.2. The second kappa shape index (κ2) is 6.55. The van der Waals surface area contributed by atoms with Gasteiger partial charge in [-0.25, -0.2) is 16.8 Å². The normalized spacial score (nSPS) is 15.5. The van der Waals surface area contributed by atoms with Crippen LogP contribution in [0, 0.1) is 6.92 Å². The molecular weight excluding hydrogens is 358 g/mol. The minimum atomic E-state index is -3.91. The molecule has 5 nitrogen and oxygen atoms in total. The topological polar surface area (TPSA) is 71.5 Å². The lowest BCUT2D eigenvalue weighted by molar-refractivity contribution is 0.397. The van der Waals surface area contributed by atoms with E-state index in [-0.39, 0.29) is 22.4 Å². The molecule has 1 aliphatic rings. The second-order valence-corrected chi connectivity index (χ2v) is 10.3. The van der Waals surface area contributed by atoms with E-state index in [4.69, 9.17) is 0 Å². The molecule has 134 valence electrons. The Morgan fingerprint density at radius 1 is 0.920 bits per heavy atom. The Labute approximate surface area is 149 Å². The van der Waals surface area contributed by atoms with Crippen molar-refractivity contribution in [1.29, 1.82) is 0 Å². The molecule has 0 heterocycles. The van der Waals surface area contributed by atoms with Gasteiger partial charge in [0, 0.05) is 18.8 Å². The zero-order valence-corrected chi connectivity index (χ0v) is 15.8. The number of hydrogen-bond acceptors (Lipinski definition) is 4. The van der Waals surface area contributed by atoms with Crippen LogP contribution in [0.2, 0.25) is 0 Å². The largest absolute Gasteiger partial charge is 0.244 e. The molecule has 2 aromatic carbocycles. The number of aryl methyl sites for hydroxylation is 1. The Kier molecular flexibility index (Phi) is 4.74. The lowest BCUT2D eigenvalue weighted by Gasteiger charge is -2.23. The van der Waals surface area contributed by atoms with Crippen molar-refractivity contribution in [3.05, 3.63) is 59.7 Å². The molecule has 0 atom stereocenters. The number of sulfonamides is 1. The molecule has 0 bridgehead atoms. The SMILES string of the molecule is Cc1ccc(CN(C2CC2)S(=O)(=O)c2ccccc2S(C)(=O)=O)cc1. The van der Waals surface area contributed by atoms with Crippen molar-refractivity contribution in [1.82, 2.24) is 4.31 Å². The predicted molar refractivity (Wildman–Crippen MR) is 96.5 cm³/mol. The summed E-state index contributed by atoms with van der Waals surface area (Å²) in [6, 6.07) is 13.4. The van der Waals surface area contributed by atoms with Crippen molar-refractivity contribution >= 4 is 19.9 Å². The van der Waals surface area contributed by atoms with Gasteiger partial charge in [0.25, 0.3) is 0 Å². The van der Waals surface area contributed by atoms with Crippen LogP contribution in [0.15, 0.2) is 58.3 Å². The highest BCUT2D eigenvalue weighted by Gasteiger charge is 2.39. The molecule has 0 saturated heterocycles. The minimum absolute atomic E-state index is 0.0704. The number of nitrogens with zero attached hydrogens (tertiary/aromatic N) is 1. The third-order valence-electron chi connectivity index (χ3n) is 4.25. The summed E-state index contributed by atoms with van der Waals surface area (Å²) in [6.45, 7) is 2.22. The summed E-state index contributed by atoms with van der Waals surface area (Å²) < 4.78 is 51.9. The number of rotatable bonds is 6. The molecule has 0 amide bonds. The Morgan fingerprint density at radius 2 is 1.48 bits per heavy atom. The van der Waals surface area contributed by atoms with Gasteiger partial charge in [0.2, 0.25) is 10.0 Å². The van der Waals surface area contributed by atoms with E-state index in [1.54, 1.807) is 6.07 Å². The van der Waals surface area contributed by atoms with E-state index in [2.05, 4.69) is 0 Å². The summed E-state index contributed by atoms with van der Waals surface area (Å²) in [6.07, 6.45) is 2.63. The van der Waals surface area contributed by atoms with Crippen molar-refractivity contribution in [2.24, 2.45) is 0 Å². The van der Waals surface area contributed by atoms with E-state index in [1.165, 1.54) is 22.5 Å². The molecule has 0 radical (unpaired) electrons. The summed E-state index contributed by atoms with van der Waals surface area (Å²) >= 11 is 0. The van der Waals surface area contributed by atoms with Gasteiger partial charge in [-0.15, -0.1) is 0 Å². The molecule has 2 aromatic rings. The molecule has 0 aliphatic heterocycles. The highest BCUT2D eigenvalue weighted by molar-refractivity contribution is 7.93. The first-order chi connectivity index (χ1) is 11.7. The molecule has 1 aliphatic carbocycles. The van der Waals surface area contributed by atoms with Gasteiger partial charge in [0.05, 0.1) is 4.90 Å². The van der Waals surface area contributed by atoms with Crippen LogP contribution in [-0.4, -0.2) is 33.4 Å². The predicted octanol–water partition coefficient (Wildman–Crippen LogP) is 2.75. The van der Waals surface area contributed by atoms with Gasteiger partial charge < -0.3 is 0 Å². The third kappa shape index (κ3) is 3.94. The average Bonchev–Trinajstić information content (AvgIpc) is 3.38. The van der Waals surface area contributed by atoms with E-state index < -0.39 is 19.9 Å². The zero-order chi connectivity index (χ0) is 18.2. The van der Waals surface area contributed by atoms with E-state index in [0.717, 1.165) is 30.2 Å². The van der Waals surface area contributed by atoms with Crippen LogP contribution in [0.3, 0.4) is 0 Å². The van der Waals surface area contributed by atoms with E-state index >= 15 is 0 Å². The lowest BCUT2D eigenvalue weighted by atomic mass is 10.1. The van der Waals surface area contributed by atoms with Crippen molar-refractivity contribution in [3.8, 4) is 0 Å². The van der Waals surface area contributed by atoms with Crippen molar-refractivity contribution in [3.63, 3.8) is 0 Å². The molecule has 1 saturated carbocycles. The first-order valence-corrected chi connectivity index (χ1v) is 11.4. The molecule has 25 heavy (non-hydrogen) atoms. The first-order valence-electron chi connectivity index (χ1n) is 8.06. The van der Waals surface area contributed by atoms with E-state index in [0.29, 0.717) is 0 Å². The van der Waals surface area contributed by atoms with Crippen LogP contribution in [-0.2, 0) is 26.4 Å². The second-order valence-electron chi connectivity index (χ2n) is 6.49. The molecule has 0 spiro atoms. The van der Waals surface area contributed by atoms with Gasteiger partial charge in [0.15, 0.2) is 9.84 Å². The van der Waals surface area contributed by atoms with Crippen LogP contribution in [0.4, 0.5) is 0 Å². The van der Waals surface area contributed by atoms with E-state index in [9.17, 15) is 16.8 Å². The van der Waals surface area contributed by atoms with Gasteiger partial charge in [-0.3, -0.25) is 0 Å². The Morgan fingerprint density at radius 3 is 2.00 bits per heavy atom. The quantitative estimate of drug-likeness (QED) is 0.774. The maximum absolute atomic E-state index is 13.2. The van der Waals surface area contributed by atoms with Crippen LogP contribution < -0.4 is 0 Å². The van der Waals surface area contributed by atoms with Crippen LogP contribution in [0.25, 0.3) is 0 Å². The Hall–Kier alpha value is -1.70. The molecule has 0 aromatic heterocycles. The van der Waals surface area contributed by atoms with Gasteiger partial charge >= 0.3 is 0 Å². The van der Waals surface area contributed by atoms with Crippen LogP contribution in [0.5, 0.6) is 0 Å². The molecular formula is C18H21NO4S2. The fraction of sp³-hybridized carbons (Fsp3) is 0.333. The highest BCUT2D eigenvalue weighted by Crippen LogP contribution is 2.35. The molecule has 0 unspecified atom stereocenters. The van der Waals surface area contributed by atoms with Gasteiger partial charge in [0.1, 0.15) is 4.90 Å². The summed E-state index contributed by atoms with van der Waals surface area (Å²) in [5.74, 6) is 0. The molecule has 3 rings (SSSR count). The summed E-state index contributed by atoms with van der Waals surface area (Å²) in [4.78, 5) is -0.291. The van der Waals surface area contributed by atoms with Crippen molar-refractivity contribution in [2.75, 3.05) is 6.26 Å². The lowest BCUT2D eigenvalue weighted by Crippen LogP contribution is -2.33. The molecule has 1 fully saturated rings. The Balaban J connectivity index is 2.03. The van der Waals surface area contributed by atoms with Crippen LogP contribution in [0.1, 0.15) is 24.0 Å². The van der Waals surface area contributed by atoms with Crippen LogP contribution >= 0.6 is 0 Å². The van der Waals surface area contributed by atoms with Crippen molar-refractivity contribution < 1.29 is 16.8 Å². The summed E-state index contributed by atoms with van der Waals surface area (Å²) in [5.41, 5.74) is 1.99. The van der Waals surface area contributed by atoms with Gasteiger partial charge in [-0.1, -0.05) is 42.0 Å². The zero-order valence-electron chi connectivity index (χ0n) is 14.2. The van der Waals surface area contributed by atoms with Gasteiger partial charge in [-0.05, 0) is 37.5 Å². The summed E-state index contributed by atoms with van der Waals surface area (Å²) in [5, 5.41) is 0. The fourth-order valence-electron chi connectivity index (χ4n) is 2.74. The number of benzene rings is 2. The smallest absolute Gasteiger partial charge is 0.224 e. The molecule has 7 heteroatoms. The fourth-order valence-corrected chi connectivity index (χ4v) is 6.02. The summed E-state index contributed by atoms with van der Waals surface area (Å²) in [7, 11) is -7.55. The third-order valence-corrected chi connectivity index (χ3v) is 7.49.